The Kier molecular flexibility index (Phi) is 37.8. The van der Waals surface area contributed by atoms with Crippen LogP contribution in [0.1, 0.15) is 248 Å². The fraction of sp³-hybridized carbons (Fsp3) is 0.913. The third-order valence-corrected chi connectivity index (χ3v) is 10.3. The second-order valence-electron chi connectivity index (χ2n) is 17.1. The molecule has 0 saturated carbocycles. The lowest BCUT2D eigenvalue weighted by atomic mass is 9.92. The minimum atomic E-state index is -0.918. The lowest BCUT2D eigenvalue weighted by molar-refractivity contribution is -0.141. The van der Waals surface area contributed by atoms with Gasteiger partial charge in [-0.05, 0) is 53.4 Å². The Morgan fingerprint density at radius 2 is 0.961 bits per heavy atom. The predicted octanol–water partition coefficient (Wildman–Crippen LogP) is 14.1. The molecule has 0 aliphatic heterocycles. The molecule has 2 unspecified atom stereocenters. The summed E-state index contributed by atoms with van der Waals surface area (Å²) in [7, 11) is 0. The van der Waals surface area contributed by atoms with Crippen molar-refractivity contribution in [2.24, 2.45) is 11.7 Å². The van der Waals surface area contributed by atoms with E-state index in [-0.39, 0.29) is 17.5 Å². The number of nitrogens with one attached hydrogen (secondary N) is 1. The van der Waals surface area contributed by atoms with Crippen LogP contribution in [0.2, 0.25) is 0 Å². The Labute approximate surface area is 319 Å². The molecule has 5 nitrogen and oxygen atoms in total. The highest BCUT2D eigenvalue weighted by molar-refractivity contribution is 5.75. The maximum atomic E-state index is 11.4. The quantitative estimate of drug-likeness (QED) is 0.0337. The van der Waals surface area contributed by atoms with E-state index >= 15 is 0 Å². The zero-order valence-electron chi connectivity index (χ0n) is 35.6. The molecule has 0 heterocycles. The van der Waals surface area contributed by atoms with E-state index in [1.807, 2.05) is 6.08 Å². The maximum absolute atomic E-state index is 11.4. The highest BCUT2D eigenvalue weighted by Gasteiger charge is 2.21. The van der Waals surface area contributed by atoms with Crippen LogP contribution in [-0.2, 0) is 9.59 Å². The molecule has 51 heavy (non-hydrogen) atoms. The molecular formula is C46H92N2O3. The van der Waals surface area contributed by atoms with Crippen LogP contribution in [0.4, 0.5) is 0 Å². The Balaban J connectivity index is 0. The lowest BCUT2D eigenvalue weighted by Crippen LogP contribution is -2.45. The summed E-state index contributed by atoms with van der Waals surface area (Å²) in [5.41, 5.74) is 6.02. The number of nitrogens with two attached hydrogens (primary N) is 1. The van der Waals surface area contributed by atoms with Gasteiger partial charge in [0.2, 0.25) is 0 Å². The number of carboxylic acids is 1. The molecule has 5 heteroatoms. The van der Waals surface area contributed by atoms with Crippen LogP contribution in [0.15, 0.2) is 12.2 Å². The molecule has 0 aromatic rings. The van der Waals surface area contributed by atoms with E-state index in [9.17, 15) is 14.7 Å². The van der Waals surface area contributed by atoms with Gasteiger partial charge in [-0.25, -0.2) is 0 Å². The lowest BCUT2D eigenvalue weighted by Gasteiger charge is -2.32. The number of unbranched alkanes of at least 4 members (excludes halogenated alkanes) is 23. The van der Waals surface area contributed by atoms with Crippen molar-refractivity contribution in [3.8, 4) is 0 Å². The summed E-state index contributed by atoms with van der Waals surface area (Å²) in [4.78, 5) is 22.2. The second-order valence-corrected chi connectivity index (χ2v) is 17.1. The third kappa shape index (κ3) is 41.4. The summed E-state index contributed by atoms with van der Waals surface area (Å²) < 4.78 is 0. The van der Waals surface area contributed by atoms with Crippen molar-refractivity contribution >= 4 is 12.3 Å². The largest absolute Gasteiger partial charge is 0.481 e. The predicted molar refractivity (Wildman–Crippen MR) is 226 cm³/mol. The Morgan fingerprint density at radius 1 is 0.588 bits per heavy atom. The third-order valence-electron chi connectivity index (χ3n) is 10.3. The van der Waals surface area contributed by atoms with Crippen molar-refractivity contribution in [2.45, 2.75) is 265 Å². The molecule has 0 amide bonds. The van der Waals surface area contributed by atoms with E-state index in [0.29, 0.717) is 12.3 Å². The van der Waals surface area contributed by atoms with Crippen LogP contribution in [0.3, 0.4) is 0 Å². The number of aliphatic carboxylic acids is 1. The van der Waals surface area contributed by atoms with Crippen molar-refractivity contribution in [3.63, 3.8) is 0 Å². The highest BCUT2D eigenvalue weighted by Crippen LogP contribution is 2.21. The normalized spacial score (nSPS) is 13.3. The number of aldehydes is 1. The highest BCUT2D eigenvalue weighted by atomic mass is 16.4. The molecule has 2 atom stereocenters. The topological polar surface area (TPSA) is 92.4 Å². The van der Waals surface area contributed by atoms with Crippen LogP contribution in [0.5, 0.6) is 0 Å². The van der Waals surface area contributed by atoms with Gasteiger partial charge in [-0.2, -0.15) is 0 Å². The SMILES string of the molecule is CCCCCCCCCC(C)(C)N.CCCCCCCCCCCCCCC(C/C=C/C(CC=O)C(=O)O)NC(C)(C)CCCCCCCCC. The number of hydrogen-bond acceptors (Lipinski definition) is 4. The fourth-order valence-corrected chi connectivity index (χ4v) is 6.94. The monoisotopic (exact) mass is 721 g/mol. The van der Waals surface area contributed by atoms with E-state index in [0.717, 1.165) is 12.8 Å². The first kappa shape index (κ1) is 51.9. The summed E-state index contributed by atoms with van der Waals surface area (Å²) >= 11 is 0. The standard InChI is InChI=1S/C34H65NO3.C12H27N/c1-5-7-9-11-13-14-15-16-17-18-20-22-26-32(27-24-25-31(28-30-36)33(37)38)35-34(3,4)29-23-21-19-12-10-8-6-2;1-4-5-6-7-8-9-10-11-12(2,3)13/h24-25,30-32,35H,5-23,26-29H2,1-4H3,(H,37,38);4-11,13H2,1-3H3/b25-24+;. The molecule has 0 saturated heterocycles. The van der Waals surface area contributed by atoms with Crippen molar-refractivity contribution in [2.75, 3.05) is 0 Å². The molecule has 4 N–H and O–H groups in total. The first-order valence-electron chi connectivity index (χ1n) is 22.3. The average Bonchev–Trinajstić information content (AvgIpc) is 3.07. The minimum Gasteiger partial charge on any atom is -0.481 e. The van der Waals surface area contributed by atoms with Crippen LogP contribution in [-0.4, -0.2) is 34.5 Å². The smallest absolute Gasteiger partial charge is 0.310 e. The molecule has 0 spiro atoms. The van der Waals surface area contributed by atoms with Gasteiger partial charge in [-0.3, -0.25) is 4.79 Å². The Hall–Kier alpha value is -1.20. The Bertz CT molecular complexity index is 773. The molecule has 0 fully saturated rings. The molecule has 0 rings (SSSR count). The number of carbonyl (C=O) groups is 2. The fourth-order valence-electron chi connectivity index (χ4n) is 6.94. The molecule has 0 radical (unpaired) electrons. The second kappa shape index (κ2) is 37.1. The van der Waals surface area contributed by atoms with Gasteiger partial charge >= 0.3 is 5.97 Å². The summed E-state index contributed by atoms with van der Waals surface area (Å²) in [6.45, 7) is 15.7. The summed E-state index contributed by atoms with van der Waals surface area (Å²) in [6, 6.07) is 0.347. The molecule has 0 aromatic heterocycles. The van der Waals surface area contributed by atoms with Crippen LogP contribution >= 0.6 is 0 Å². The molecule has 0 bridgehead atoms. The van der Waals surface area contributed by atoms with Gasteiger partial charge in [-0.15, -0.1) is 0 Å². The van der Waals surface area contributed by atoms with Crippen molar-refractivity contribution < 1.29 is 14.7 Å². The van der Waals surface area contributed by atoms with Crippen molar-refractivity contribution in [3.05, 3.63) is 12.2 Å². The van der Waals surface area contributed by atoms with Gasteiger partial charge in [0.05, 0.1) is 5.92 Å². The number of rotatable bonds is 37. The number of carbonyl (C=O) groups excluding carboxylic acids is 1. The van der Waals surface area contributed by atoms with Gasteiger partial charge in [-0.1, -0.05) is 200 Å². The molecule has 0 aliphatic carbocycles. The summed E-state index contributed by atoms with van der Waals surface area (Å²) in [6.07, 6.45) is 43.9. The van der Waals surface area contributed by atoms with E-state index in [1.165, 1.54) is 180 Å². The van der Waals surface area contributed by atoms with E-state index in [4.69, 9.17) is 5.73 Å². The summed E-state index contributed by atoms with van der Waals surface area (Å²) in [5, 5.41) is 13.3. The van der Waals surface area contributed by atoms with Crippen LogP contribution in [0, 0.1) is 5.92 Å². The van der Waals surface area contributed by atoms with Gasteiger partial charge in [0.1, 0.15) is 6.29 Å². The molecule has 0 aliphatic rings. The zero-order chi connectivity index (χ0) is 38.5. The summed E-state index contributed by atoms with van der Waals surface area (Å²) in [5.74, 6) is -1.63. The molecule has 0 aromatic carbocycles. The average molecular weight is 721 g/mol. The molecular weight excluding hydrogens is 629 g/mol. The van der Waals surface area contributed by atoms with Gasteiger partial charge in [0.25, 0.3) is 0 Å². The zero-order valence-corrected chi connectivity index (χ0v) is 35.6. The van der Waals surface area contributed by atoms with E-state index < -0.39 is 11.9 Å². The van der Waals surface area contributed by atoms with E-state index in [2.05, 4.69) is 53.8 Å². The van der Waals surface area contributed by atoms with Crippen LogP contribution in [0.25, 0.3) is 0 Å². The maximum Gasteiger partial charge on any atom is 0.310 e. The van der Waals surface area contributed by atoms with Gasteiger partial charge < -0.3 is 21.0 Å². The van der Waals surface area contributed by atoms with Gasteiger partial charge in [0, 0.05) is 23.5 Å². The van der Waals surface area contributed by atoms with Crippen molar-refractivity contribution in [1.82, 2.24) is 5.32 Å². The Morgan fingerprint density at radius 3 is 1.33 bits per heavy atom. The minimum absolute atomic E-state index is 0.0451. The number of carboxylic acid groups (broad SMARTS) is 1. The number of hydrogen-bond donors (Lipinski definition) is 3. The van der Waals surface area contributed by atoms with Crippen LogP contribution < -0.4 is 11.1 Å². The van der Waals surface area contributed by atoms with Crippen molar-refractivity contribution in [1.29, 1.82) is 0 Å². The van der Waals surface area contributed by atoms with Gasteiger partial charge in [0.15, 0.2) is 0 Å². The molecule has 304 valence electrons. The van der Waals surface area contributed by atoms with E-state index in [1.54, 1.807) is 6.08 Å². The first-order valence-corrected chi connectivity index (χ1v) is 22.3. The first-order chi connectivity index (χ1) is 24.4.